The van der Waals surface area contributed by atoms with Crippen LogP contribution < -0.4 is 14.5 Å². The van der Waals surface area contributed by atoms with Gasteiger partial charge in [-0.1, -0.05) is 11.6 Å². The van der Waals surface area contributed by atoms with Crippen molar-refractivity contribution in [3.63, 3.8) is 0 Å². The van der Waals surface area contributed by atoms with Gasteiger partial charge in [0, 0.05) is 23.7 Å². The highest BCUT2D eigenvalue weighted by Gasteiger charge is 2.22. The van der Waals surface area contributed by atoms with Crippen LogP contribution in [0.3, 0.4) is 0 Å². The van der Waals surface area contributed by atoms with Crippen LogP contribution in [-0.2, 0) is 10.0 Å². The number of nitrogens with zero attached hydrogens (tertiary/aromatic N) is 4. The Hall–Kier alpha value is -2.78. The maximum atomic E-state index is 13.0. The van der Waals surface area contributed by atoms with E-state index in [1.165, 1.54) is 12.1 Å². The lowest BCUT2D eigenvalue weighted by Crippen LogP contribution is -2.31. The van der Waals surface area contributed by atoms with Gasteiger partial charge in [0.25, 0.3) is 10.0 Å². The number of sulfonamides is 1. The zero-order chi connectivity index (χ0) is 22.0. The van der Waals surface area contributed by atoms with Crippen molar-refractivity contribution in [1.82, 2.24) is 14.9 Å². The SMILES string of the molecule is CC(C)Oc1ccc(S(=O)(=O)Nc2ccc(Cl)cc2-c2nncn2N2CCCC2)cc1. The third-order valence-electron chi connectivity index (χ3n) is 4.89. The number of ether oxygens (including phenoxy) is 1. The van der Waals surface area contributed by atoms with Crippen molar-refractivity contribution in [2.24, 2.45) is 0 Å². The molecule has 10 heteroatoms. The summed E-state index contributed by atoms with van der Waals surface area (Å²) in [5.41, 5.74) is 0.931. The molecule has 4 rings (SSSR count). The van der Waals surface area contributed by atoms with E-state index in [0.717, 1.165) is 25.9 Å². The largest absolute Gasteiger partial charge is 0.491 e. The zero-order valence-corrected chi connectivity index (χ0v) is 18.9. The van der Waals surface area contributed by atoms with Crippen LogP contribution in [0.2, 0.25) is 5.02 Å². The molecule has 8 nitrogen and oxygen atoms in total. The Bertz CT molecular complexity index is 1160. The van der Waals surface area contributed by atoms with E-state index in [1.807, 2.05) is 18.5 Å². The molecule has 164 valence electrons. The Balaban J connectivity index is 1.66. The molecule has 2 heterocycles. The highest BCUT2D eigenvalue weighted by atomic mass is 35.5. The molecule has 2 aromatic carbocycles. The molecule has 0 atom stereocenters. The molecule has 0 aliphatic carbocycles. The maximum Gasteiger partial charge on any atom is 0.261 e. The first kappa shape index (κ1) is 21.5. The van der Waals surface area contributed by atoms with Gasteiger partial charge in [0.15, 0.2) is 5.82 Å². The van der Waals surface area contributed by atoms with Gasteiger partial charge in [-0.25, -0.2) is 13.1 Å². The van der Waals surface area contributed by atoms with Crippen molar-refractivity contribution in [3.8, 4) is 17.1 Å². The van der Waals surface area contributed by atoms with Crippen LogP contribution in [0.25, 0.3) is 11.4 Å². The second-order valence-electron chi connectivity index (χ2n) is 7.59. The minimum absolute atomic E-state index is 0.00478. The van der Waals surface area contributed by atoms with Gasteiger partial charge in [0.05, 0.1) is 16.7 Å². The summed E-state index contributed by atoms with van der Waals surface area (Å²) in [4.78, 5) is 0.130. The molecule has 0 spiro atoms. The van der Waals surface area contributed by atoms with Crippen LogP contribution in [0.4, 0.5) is 5.69 Å². The molecule has 0 amide bonds. The summed E-state index contributed by atoms with van der Waals surface area (Å²) < 4.78 is 36.2. The van der Waals surface area contributed by atoms with E-state index in [1.54, 1.807) is 36.7 Å². The molecule has 1 fully saturated rings. The highest BCUT2D eigenvalue weighted by Crippen LogP contribution is 2.32. The standard InChI is InChI=1S/C21H24ClN5O3S/c1-15(2)30-17-6-8-18(9-7-17)31(28,29)25-20-10-5-16(22)13-19(20)21-24-23-14-27(21)26-11-3-4-12-26/h5-10,13-15,25H,3-4,11-12H2,1-2H3. The topological polar surface area (TPSA) is 89.4 Å². The Morgan fingerprint density at radius 3 is 2.48 bits per heavy atom. The molecule has 3 aromatic rings. The van der Waals surface area contributed by atoms with Crippen molar-refractivity contribution in [2.45, 2.75) is 37.7 Å². The second-order valence-corrected chi connectivity index (χ2v) is 9.71. The van der Waals surface area contributed by atoms with Crippen LogP contribution in [-0.4, -0.2) is 42.5 Å². The molecular formula is C21H24ClN5O3S. The van der Waals surface area contributed by atoms with Gasteiger partial charge >= 0.3 is 0 Å². The summed E-state index contributed by atoms with van der Waals surface area (Å²) in [6.07, 6.45) is 3.81. The van der Waals surface area contributed by atoms with Crippen molar-refractivity contribution >= 4 is 27.3 Å². The van der Waals surface area contributed by atoms with Crippen molar-refractivity contribution in [1.29, 1.82) is 0 Å². The molecular weight excluding hydrogens is 438 g/mol. The van der Waals surface area contributed by atoms with E-state index in [4.69, 9.17) is 16.3 Å². The molecule has 1 saturated heterocycles. The molecule has 0 bridgehead atoms. The minimum Gasteiger partial charge on any atom is -0.491 e. The monoisotopic (exact) mass is 461 g/mol. The zero-order valence-electron chi connectivity index (χ0n) is 17.3. The molecule has 0 radical (unpaired) electrons. The van der Waals surface area contributed by atoms with E-state index >= 15 is 0 Å². The molecule has 1 aliphatic heterocycles. The van der Waals surface area contributed by atoms with Gasteiger partial charge < -0.3 is 9.75 Å². The number of benzene rings is 2. The first-order chi connectivity index (χ1) is 14.8. The van der Waals surface area contributed by atoms with Crippen LogP contribution >= 0.6 is 11.6 Å². The summed E-state index contributed by atoms with van der Waals surface area (Å²) in [5.74, 6) is 1.14. The van der Waals surface area contributed by atoms with E-state index in [2.05, 4.69) is 19.9 Å². The predicted molar refractivity (Wildman–Crippen MR) is 121 cm³/mol. The Kier molecular flexibility index (Phi) is 6.06. The quantitative estimate of drug-likeness (QED) is 0.573. The fourth-order valence-electron chi connectivity index (χ4n) is 3.49. The van der Waals surface area contributed by atoms with E-state index in [-0.39, 0.29) is 11.0 Å². The van der Waals surface area contributed by atoms with Crippen molar-refractivity contribution in [2.75, 3.05) is 22.8 Å². The van der Waals surface area contributed by atoms with Crippen LogP contribution in [0.5, 0.6) is 5.75 Å². The number of hydrogen-bond donors (Lipinski definition) is 1. The summed E-state index contributed by atoms with van der Waals surface area (Å²) in [7, 11) is -3.84. The van der Waals surface area contributed by atoms with E-state index < -0.39 is 10.0 Å². The molecule has 31 heavy (non-hydrogen) atoms. The number of nitrogens with one attached hydrogen (secondary N) is 1. The lowest BCUT2D eigenvalue weighted by atomic mass is 10.2. The van der Waals surface area contributed by atoms with Gasteiger partial charge in [0.1, 0.15) is 12.1 Å². The molecule has 1 N–H and O–H groups in total. The van der Waals surface area contributed by atoms with Gasteiger partial charge in [-0.05, 0) is 69.2 Å². The summed E-state index contributed by atoms with van der Waals surface area (Å²) in [6.45, 7) is 5.60. The number of aromatic nitrogens is 3. The average molecular weight is 462 g/mol. The van der Waals surface area contributed by atoms with Gasteiger partial charge in [-0.3, -0.25) is 4.72 Å². The van der Waals surface area contributed by atoms with Gasteiger partial charge in [-0.2, -0.15) is 0 Å². The predicted octanol–water partition coefficient (Wildman–Crippen LogP) is 3.92. The van der Waals surface area contributed by atoms with E-state index in [0.29, 0.717) is 27.8 Å². The lowest BCUT2D eigenvalue weighted by Gasteiger charge is -2.21. The number of anilines is 1. The first-order valence-corrected chi connectivity index (χ1v) is 11.9. The van der Waals surface area contributed by atoms with E-state index in [9.17, 15) is 8.42 Å². The normalized spacial score (nSPS) is 14.3. The average Bonchev–Trinajstić information content (AvgIpc) is 3.40. The first-order valence-electron chi connectivity index (χ1n) is 10.1. The van der Waals surface area contributed by atoms with Crippen molar-refractivity contribution < 1.29 is 13.2 Å². The Labute approximate surface area is 186 Å². The fourth-order valence-corrected chi connectivity index (χ4v) is 4.75. The Morgan fingerprint density at radius 2 is 1.81 bits per heavy atom. The van der Waals surface area contributed by atoms with Crippen LogP contribution in [0.1, 0.15) is 26.7 Å². The summed E-state index contributed by atoms with van der Waals surface area (Å²) in [6, 6.07) is 11.3. The Morgan fingerprint density at radius 1 is 1.10 bits per heavy atom. The minimum atomic E-state index is -3.84. The van der Waals surface area contributed by atoms with Gasteiger partial charge in [0.2, 0.25) is 0 Å². The third kappa shape index (κ3) is 4.77. The molecule has 1 aromatic heterocycles. The second kappa shape index (κ2) is 8.76. The number of rotatable bonds is 7. The summed E-state index contributed by atoms with van der Waals surface area (Å²) in [5, 5.41) is 10.9. The van der Waals surface area contributed by atoms with Gasteiger partial charge in [-0.15, -0.1) is 10.2 Å². The molecule has 1 aliphatic rings. The lowest BCUT2D eigenvalue weighted by molar-refractivity contribution is 0.242. The molecule has 0 saturated carbocycles. The number of hydrogen-bond acceptors (Lipinski definition) is 6. The third-order valence-corrected chi connectivity index (χ3v) is 6.51. The molecule has 0 unspecified atom stereocenters. The summed E-state index contributed by atoms with van der Waals surface area (Å²) >= 11 is 6.23. The van der Waals surface area contributed by atoms with Crippen molar-refractivity contribution in [3.05, 3.63) is 53.8 Å². The fraction of sp³-hybridized carbons (Fsp3) is 0.333. The number of halogens is 1. The smallest absolute Gasteiger partial charge is 0.261 e. The maximum absolute atomic E-state index is 13.0. The van der Waals surface area contributed by atoms with Crippen LogP contribution in [0.15, 0.2) is 53.7 Å². The highest BCUT2D eigenvalue weighted by molar-refractivity contribution is 7.92. The van der Waals surface area contributed by atoms with Crippen LogP contribution in [0, 0.1) is 0 Å².